The van der Waals surface area contributed by atoms with Crippen LogP contribution in [0.1, 0.15) is 32.1 Å². The van der Waals surface area contributed by atoms with Gasteiger partial charge in [-0.15, -0.1) is 12.4 Å². The molecule has 0 aromatic heterocycles. The van der Waals surface area contributed by atoms with Crippen LogP contribution in [-0.4, -0.2) is 12.5 Å². The molecule has 0 aliphatic heterocycles. The van der Waals surface area contributed by atoms with Gasteiger partial charge >= 0.3 is 0 Å². The summed E-state index contributed by atoms with van der Waals surface area (Å²) < 4.78 is 25.9. The van der Waals surface area contributed by atoms with Crippen LogP contribution in [0.15, 0.2) is 18.2 Å². The summed E-state index contributed by atoms with van der Waals surface area (Å²) in [6.45, 7) is 0.660. The standard InChI is InChI=1S/C13H18F2N2O.ClH/c14-10-6-7-12(11(15)9-10)17-13(18)5-3-1-2-4-8-16;/h6-7,9H,1-5,8,16H2,(H,17,18);1H. The Labute approximate surface area is 118 Å². The Morgan fingerprint density at radius 1 is 1.16 bits per heavy atom. The number of carbonyl (C=O) groups is 1. The first-order valence-corrected chi connectivity index (χ1v) is 6.08. The maximum atomic E-state index is 13.2. The highest BCUT2D eigenvalue weighted by molar-refractivity contribution is 5.90. The number of halogens is 3. The number of carbonyl (C=O) groups excluding carboxylic acids is 1. The molecule has 0 saturated carbocycles. The fourth-order valence-corrected chi connectivity index (χ4v) is 1.59. The van der Waals surface area contributed by atoms with E-state index in [4.69, 9.17) is 5.73 Å². The molecule has 0 atom stereocenters. The number of amides is 1. The molecule has 0 heterocycles. The van der Waals surface area contributed by atoms with Crippen LogP contribution in [0.4, 0.5) is 14.5 Å². The zero-order valence-electron chi connectivity index (χ0n) is 10.6. The maximum absolute atomic E-state index is 13.2. The predicted octanol–water partition coefficient (Wildman–Crippen LogP) is 3.23. The van der Waals surface area contributed by atoms with Crippen LogP contribution in [0.25, 0.3) is 0 Å². The average Bonchev–Trinajstić information content (AvgIpc) is 2.32. The van der Waals surface area contributed by atoms with E-state index in [9.17, 15) is 13.6 Å². The van der Waals surface area contributed by atoms with Crippen molar-refractivity contribution >= 4 is 24.0 Å². The van der Waals surface area contributed by atoms with Crippen molar-refractivity contribution in [1.82, 2.24) is 0 Å². The molecule has 0 spiro atoms. The van der Waals surface area contributed by atoms with Gasteiger partial charge in [0.2, 0.25) is 5.91 Å². The first-order valence-electron chi connectivity index (χ1n) is 6.08. The van der Waals surface area contributed by atoms with Crippen molar-refractivity contribution in [3.05, 3.63) is 29.8 Å². The van der Waals surface area contributed by atoms with Crippen LogP contribution in [0, 0.1) is 11.6 Å². The topological polar surface area (TPSA) is 55.1 Å². The number of benzene rings is 1. The fourth-order valence-electron chi connectivity index (χ4n) is 1.59. The molecule has 3 nitrogen and oxygen atoms in total. The number of anilines is 1. The summed E-state index contributed by atoms with van der Waals surface area (Å²) in [6, 6.07) is 3.08. The number of hydrogen-bond donors (Lipinski definition) is 2. The van der Waals surface area contributed by atoms with Gasteiger partial charge in [0.05, 0.1) is 5.69 Å². The summed E-state index contributed by atoms with van der Waals surface area (Å²) in [5.41, 5.74) is 5.37. The summed E-state index contributed by atoms with van der Waals surface area (Å²) in [5, 5.41) is 2.42. The number of nitrogens with one attached hydrogen (secondary N) is 1. The van der Waals surface area contributed by atoms with E-state index >= 15 is 0 Å². The van der Waals surface area contributed by atoms with Crippen molar-refractivity contribution in [3.8, 4) is 0 Å². The molecule has 0 bridgehead atoms. The minimum Gasteiger partial charge on any atom is -0.330 e. The third-order valence-corrected chi connectivity index (χ3v) is 2.56. The Bertz CT molecular complexity index is 402. The van der Waals surface area contributed by atoms with Gasteiger partial charge in [-0.05, 0) is 31.5 Å². The Balaban J connectivity index is 0.00000324. The zero-order valence-corrected chi connectivity index (χ0v) is 11.4. The van der Waals surface area contributed by atoms with Crippen LogP contribution in [0.5, 0.6) is 0 Å². The molecule has 3 N–H and O–H groups in total. The second kappa shape index (κ2) is 9.69. The van der Waals surface area contributed by atoms with Crippen LogP contribution in [0.2, 0.25) is 0 Å². The largest absolute Gasteiger partial charge is 0.330 e. The highest BCUT2D eigenvalue weighted by Gasteiger charge is 2.07. The van der Waals surface area contributed by atoms with Crippen molar-refractivity contribution < 1.29 is 13.6 Å². The normalized spacial score (nSPS) is 9.84. The van der Waals surface area contributed by atoms with Gasteiger partial charge in [-0.25, -0.2) is 8.78 Å². The van der Waals surface area contributed by atoms with Crippen molar-refractivity contribution in [1.29, 1.82) is 0 Å². The minimum atomic E-state index is -0.758. The van der Waals surface area contributed by atoms with Gasteiger partial charge in [0, 0.05) is 12.5 Å². The molecule has 0 saturated heterocycles. The van der Waals surface area contributed by atoms with Gasteiger partial charge in [-0.2, -0.15) is 0 Å². The predicted molar refractivity (Wildman–Crippen MR) is 74.4 cm³/mol. The SMILES string of the molecule is Cl.NCCCCCCC(=O)Nc1ccc(F)cc1F. The monoisotopic (exact) mass is 292 g/mol. The second-order valence-corrected chi connectivity index (χ2v) is 4.13. The van der Waals surface area contributed by atoms with E-state index in [1.54, 1.807) is 0 Å². The van der Waals surface area contributed by atoms with Crippen molar-refractivity contribution in [2.75, 3.05) is 11.9 Å². The van der Waals surface area contributed by atoms with Crippen molar-refractivity contribution in [3.63, 3.8) is 0 Å². The molecular weight excluding hydrogens is 274 g/mol. The minimum absolute atomic E-state index is 0. The molecule has 1 aromatic rings. The van der Waals surface area contributed by atoms with Crippen LogP contribution < -0.4 is 11.1 Å². The summed E-state index contributed by atoms with van der Waals surface area (Å²) in [7, 11) is 0. The van der Waals surface area contributed by atoms with Crippen molar-refractivity contribution in [2.24, 2.45) is 5.73 Å². The second-order valence-electron chi connectivity index (χ2n) is 4.13. The van der Waals surface area contributed by atoms with Crippen LogP contribution in [-0.2, 0) is 4.79 Å². The number of rotatable bonds is 7. The number of nitrogens with two attached hydrogens (primary N) is 1. The van der Waals surface area contributed by atoms with E-state index in [0.717, 1.165) is 37.8 Å². The number of unbranched alkanes of at least 4 members (excludes halogenated alkanes) is 3. The van der Waals surface area contributed by atoms with E-state index in [2.05, 4.69) is 5.32 Å². The molecular formula is C13H19ClF2N2O. The number of hydrogen-bond acceptors (Lipinski definition) is 2. The van der Waals surface area contributed by atoms with Gasteiger partial charge in [-0.3, -0.25) is 4.79 Å². The molecule has 0 unspecified atom stereocenters. The van der Waals surface area contributed by atoms with E-state index in [1.807, 2.05) is 0 Å². The van der Waals surface area contributed by atoms with Crippen LogP contribution in [0.3, 0.4) is 0 Å². The van der Waals surface area contributed by atoms with E-state index in [0.29, 0.717) is 13.0 Å². The Morgan fingerprint density at radius 3 is 2.47 bits per heavy atom. The van der Waals surface area contributed by atoms with E-state index < -0.39 is 11.6 Å². The van der Waals surface area contributed by atoms with Gasteiger partial charge < -0.3 is 11.1 Å². The zero-order chi connectivity index (χ0) is 13.4. The lowest BCUT2D eigenvalue weighted by Crippen LogP contribution is -2.12. The summed E-state index contributed by atoms with van der Waals surface area (Å²) in [4.78, 5) is 11.5. The van der Waals surface area contributed by atoms with Gasteiger partial charge in [0.15, 0.2) is 0 Å². The Morgan fingerprint density at radius 2 is 1.84 bits per heavy atom. The highest BCUT2D eigenvalue weighted by Crippen LogP contribution is 2.15. The maximum Gasteiger partial charge on any atom is 0.224 e. The Hall–Kier alpha value is -1.20. The Kier molecular flexibility index (Phi) is 9.08. The summed E-state index contributed by atoms with van der Waals surface area (Å²) in [5.74, 6) is -1.67. The third kappa shape index (κ3) is 7.08. The smallest absolute Gasteiger partial charge is 0.224 e. The van der Waals surface area contributed by atoms with Crippen LogP contribution >= 0.6 is 12.4 Å². The van der Waals surface area contributed by atoms with E-state index in [-0.39, 0.29) is 24.0 Å². The molecule has 1 amide bonds. The first kappa shape index (κ1) is 17.8. The molecule has 0 aliphatic carbocycles. The lowest BCUT2D eigenvalue weighted by atomic mass is 10.1. The average molecular weight is 293 g/mol. The summed E-state index contributed by atoms with van der Waals surface area (Å²) in [6.07, 6.45) is 3.95. The molecule has 1 aromatic carbocycles. The highest BCUT2D eigenvalue weighted by atomic mass is 35.5. The lowest BCUT2D eigenvalue weighted by Gasteiger charge is -2.06. The molecule has 6 heteroatoms. The molecule has 0 fully saturated rings. The lowest BCUT2D eigenvalue weighted by molar-refractivity contribution is -0.116. The van der Waals surface area contributed by atoms with E-state index in [1.165, 1.54) is 6.07 Å². The molecule has 1 rings (SSSR count). The molecule has 0 aliphatic rings. The quantitative estimate of drug-likeness (QED) is 0.758. The molecule has 108 valence electrons. The summed E-state index contributed by atoms with van der Waals surface area (Å²) >= 11 is 0. The van der Waals surface area contributed by atoms with Gasteiger partial charge in [0.25, 0.3) is 0 Å². The molecule has 19 heavy (non-hydrogen) atoms. The first-order chi connectivity index (χ1) is 8.63. The van der Waals surface area contributed by atoms with Gasteiger partial charge in [0.1, 0.15) is 11.6 Å². The van der Waals surface area contributed by atoms with Crippen molar-refractivity contribution in [2.45, 2.75) is 32.1 Å². The third-order valence-electron chi connectivity index (χ3n) is 2.56. The molecule has 0 radical (unpaired) electrons. The fraction of sp³-hybridized carbons (Fsp3) is 0.462. The van der Waals surface area contributed by atoms with Gasteiger partial charge in [-0.1, -0.05) is 12.8 Å².